The third-order valence-electron chi connectivity index (χ3n) is 8.39. The average molecular weight is 447 g/mol. The highest BCUT2D eigenvalue weighted by atomic mass is 16.5. The largest absolute Gasteiger partial charge is 0.456 e. The van der Waals surface area contributed by atoms with Crippen LogP contribution < -0.4 is 13.9 Å². The van der Waals surface area contributed by atoms with E-state index in [0.29, 0.717) is 0 Å². The van der Waals surface area contributed by atoms with Crippen LogP contribution >= 0.6 is 0 Å². The molecule has 0 aliphatic carbocycles. The predicted molar refractivity (Wildman–Crippen MR) is 134 cm³/mol. The van der Waals surface area contributed by atoms with Crippen molar-refractivity contribution in [3.05, 3.63) is 115 Å². The topological polar surface area (TPSA) is 21.4 Å². The summed E-state index contributed by atoms with van der Waals surface area (Å²) in [6.07, 6.45) is 6.77. The van der Waals surface area contributed by atoms with Crippen molar-refractivity contribution >= 4 is 38.1 Å². The van der Waals surface area contributed by atoms with Gasteiger partial charge in [0.2, 0.25) is 11.2 Å². The minimum Gasteiger partial charge on any atom is -0.456 e. The van der Waals surface area contributed by atoms with Crippen LogP contribution in [0.25, 0.3) is 49.4 Å². The second-order valence-corrected chi connectivity index (χ2v) is 9.82. The quantitative estimate of drug-likeness (QED) is 0.217. The Hall–Kier alpha value is -4.70. The molecule has 1 spiro atoms. The number of aromatic nitrogens is 3. The first-order valence-electron chi connectivity index (χ1n) is 12.0. The summed E-state index contributed by atoms with van der Waals surface area (Å²) in [4.78, 5) is 0. The molecule has 1 unspecified atom stereocenters. The van der Waals surface area contributed by atoms with Crippen molar-refractivity contribution in [2.75, 3.05) is 0 Å². The zero-order chi connectivity index (χ0) is 22.5. The van der Waals surface area contributed by atoms with E-state index < -0.39 is 5.66 Å². The number of hydrogen-bond donors (Lipinski definition) is 0. The van der Waals surface area contributed by atoms with E-state index in [4.69, 9.17) is 4.74 Å². The summed E-state index contributed by atoms with van der Waals surface area (Å²) in [6.45, 7) is 0. The molecule has 4 aromatic heterocycles. The van der Waals surface area contributed by atoms with E-state index in [1.165, 1.54) is 60.5 Å². The second-order valence-electron chi connectivity index (χ2n) is 9.82. The fourth-order valence-corrected chi connectivity index (χ4v) is 7.27. The van der Waals surface area contributed by atoms with E-state index in [1.54, 1.807) is 0 Å². The molecule has 1 atom stereocenters. The van der Waals surface area contributed by atoms with Gasteiger partial charge in [0.25, 0.3) is 0 Å². The fourth-order valence-electron chi connectivity index (χ4n) is 7.27. The molecule has 3 aromatic carbocycles. The van der Waals surface area contributed by atoms with Crippen LogP contribution in [0.5, 0.6) is 11.5 Å². The van der Waals surface area contributed by atoms with Crippen LogP contribution in [-0.4, -0.2) is 4.40 Å². The molecule has 7 aromatic rings. The summed E-state index contributed by atoms with van der Waals surface area (Å²) >= 11 is 0. The maximum Gasteiger partial charge on any atom is 0.425 e. The van der Waals surface area contributed by atoms with Gasteiger partial charge in [-0.2, -0.15) is 0 Å². The van der Waals surface area contributed by atoms with Crippen LogP contribution in [0.4, 0.5) is 0 Å². The van der Waals surface area contributed by atoms with Gasteiger partial charge in [0.1, 0.15) is 17.0 Å². The predicted octanol–water partition coefficient (Wildman–Crippen LogP) is 5.67. The summed E-state index contributed by atoms with van der Waals surface area (Å²) in [7, 11) is 0. The molecule has 7 heterocycles. The minimum atomic E-state index is -0.507. The molecule has 0 radical (unpaired) electrons. The van der Waals surface area contributed by atoms with Crippen LogP contribution in [0.1, 0.15) is 11.1 Å². The Morgan fingerprint density at radius 1 is 0.686 bits per heavy atom. The third-order valence-corrected chi connectivity index (χ3v) is 8.39. The SMILES string of the molecule is c1cc2c3c(c1)-c1cccc[n+]1C31c3c(ccc4c3c3c(ccc[n+]31)n1cc3ccccc3c41)O2. The lowest BCUT2D eigenvalue weighted by molar-refractivity contribution is -0.950. The highest BCUT2D eigenvalue weighted by Crippen LogP contribution is 2.57. The first-order valence-corrected chi connectivity index (χ1v) is 12.0. The lowest BCUT2D eigenvalue weighted by atomic mass is 9.86. The molecule has 0 fully saturated rings. The molecular weight excluding hydrogens is 430 g/mol. The van der Waals surface area contributed by atoms with Gasteiger partial charge in [-0.05, 0) is 36.4 Å². The van der Waals surface area contributed by atoms with Gasteiger partial charge < -0.3 is 9.14 Å². The summed E-state index contributed by atoms with van der Waals surface area (Å²) in [5.74, 6) is 1.88. The monoisotopic (exact) mass is 447 g/mol. The van der Waals surface area contributed by atoms with Crippen molar-refractivity contribution in [3.63, 3.8) is 0 Å². The van der Waals surface area contributed by atoms with Crippen molar-refractivity contribution in [1.29, 1.82) is 0 Å². The Balaban J connectivity index is 1.56. The number of ether oxygens (including phenoxy) is 1. The van der Waals surface area contributed by atoms with E-state index in [0.717, 1.165) is 11.5 Å². The molecule has 10 rings (SSSR count). The van der Waals surface area contributed by atoms with Gasteiger partial charge in [0, 0.05) is 40.6 Å². The summed E-state index contributed by atoms with van der Waals surface area (Å²) in [5.41, 5.74) is 8.15. The summed E-state index contributed by atoms with van der Waals surface area (Å²) in [5, 5.41) is 5.10. The number of fused-ring (bicyclic) bond motifs is 7. The minimum absolute atomic E-state index is 0.507. The molecule has 160 valence electrons. The summed E-state index contributed by atoms with van der Waals surface area (Å²) in [6, 6.07) is 30.5. The highest BCUT2D eigenvalue weighted by Gasteiger charge is 2.70. The molecule has 3 aliphatic heterocycles. The fraction of sp³-hybridized carbons (Fsp3) is 0.0323. The van der Waals surface area contributed by atoms with Crippen LogP contribution in [-0.2, 0) is 5.66 Å². The van der Waals surface area contributed by atoms with Gasteiger partial charge >= 0.3 is 5.66 Å². The van der Waals surface area contributed by atoms with Crippen LogP contribution in [0, 0.1) is 0 Å². The van der Waals surface area contributed by atoms with Crippen LogP contribution in [0.15, 0.2) is 104 Å². The van der Waals surface area contributed by atoms with Crippen molar-refractivity contribution < 1.29 is 13.9 Å². The van der Waals surface area contributed by atoms with Crippen molar-refractivity contribution in [2.45, 2.75) is 5.66 Å². The maximum absolute atomic E-state index is 6.66. The van der Waals surface area contributed by atoms with E-state index in [1.807, 2.05) is 0 Å². The molecule has 3 aliphatic rings. The first kappa shape index (κ1) is 16.8. The Labute approximate surface area is 199 Å². The molecule has 0 saturated heterocycles. The van der Waals surface area contributed by atoms with E-state index in [2.05, 4.69) is 117 Å². The van der Waals surface area contributed by atoms with Crippen molar-refractivity contribution in [3.8, 4) is 22.8 Å². The normalized spacial score (nSPS) is 18.1. The lowest BCUT2D eigenvalue weighted by Gasteiger charge is -2.25. The Morgan fingerprint density at radius 2 is 1.57 bits per heavy atom. The molecule has 35 heavy (non-hydrogen) atoms. The van der Waals surface area contributed by atoms with Gasteiger partial charge in [-0.1, -0.05) is 30.3 Å². The number of rotatable bonds is 0. The van der Waals surface area contributed by atoms with E-state index in [9.17, 15) is 0 Å². The highest BCUT2D eigenvalue weighted by molar-refractivity contribution is 6.20. The Morgan fingerprint density at radius 3 is 2.57 bits per heavy atom. The average Bonchev–Trinajstić information content (AvgIpc) is 3.55. The first-order chi connectivity index (χ1) is 17.4. The molecule has 0 amide bonds. The van der Waals surface area contributed by atoms with Crippen molar-refractivity contribution in [2.24, 2.45) is 0 Å². The molecule has 0 saturated carbocycles. The zero-order valence-corrected chi connectivity index (χ0v) is 18.6. The number of pyridine rings is 3. The van der Waals surface area contributed by atoms with Gasteiger partial charge in [-0.3, -0.25) is 0 Å². The van der Waals surface area contributed by atoms with Gasteiger partial charge in [0.15, 0.2) is 23.5 Å². The van der Waals surface area contributed by atoms with E-state index >= 15 is 0 Å². The van der Waals surface area contributed by atoms with Crippen LogP contribution in [0.3, 0.4) is 0 Å². The van der Waals surface area contributed by atoms with Gasteiger partial charge in [-0.15, -0.1) is 9.13 Å². The number of nitrogens with zero attached hydrogens (tertiary/aromatic N) is 3. The van der Waals surface area contributed by atoms with E-state index in [-0.39, 0.29) is 0 Å². The van der Waals surface area contributed by atoms with Gasteiger partial charge in [0.05, 0.1) is 16.5 Å². The second kappa shape index (κ2) is 5.18. The standard InChI is InChI=1S/C31H17N3O/c1-2-8-19-18(7-1)17-32-23-11-6-16-34-30(23)26-21(29(19)32)13-14-25-28(26)31(34)27-20(9-5-12-24(27)35-25)22-10-3-4-15-33(22)31/h1-17H/q+2. The van der Waals surface area contributed by atoms with Crippen LogP contribution in [0.2, 0.25) is 0 Å². The maximum atomic E-state index is 6.66. The summed E-state index contributed by atoms with van der Waals surface area (Å²) < 4.78 is 14.0. The van der Waals surface area contributed by atoms with Gasteiger partial charge in [-0.25, -0.2) is 0 Å². The lowest BCUT2D eigenvalue weighted by Crippen LogP contribution is -2.71. The molecular formula is C31H17N3O+2. The smallest absolute Gasteiger partial charge is 0.425 e. The molecule has 4 nitrogen and oxygen atoms in total. The zero-order valence-electron chi connectivity index (χ0n) is 18.6. The molecule has 0 N–H and O–H groups in total. The molecule has 0 bridgehead atoms. The van der Waals surface area contributed by atoms with Crippen molar-refractivity contribution in [1.82, 2.24) is 4.40 Å². The Bertz CT molecular complexity index is 2160. The third kappa shape index (κ3) is 1.56. The Kier molecular flexibility index (Phi) is 2.49. The number of hydrogen-bond acceptors (Lipinski definition) is 1. The molecule has 4 heteroatoms. The number of benzene rings is 3.